The van der Waals surface area contributed by atoms with Crippen molar-refractivity contribution in [2.45, 2.75) is 19.8 Å². The highest BCUT2D eigenvalue weighted by atomic mass is 16.4. The zero-order valence-electron chi connectivity index (χ0n) is 18.0. The van der Waals surface area contributed by atoms with Gasteiger partial charge in [0.15, 0.2) is 5.82 Å². The van der Waals surface area contributed by atoms with Crippen LogP contribution in [0.2, 0.25) is 0 Å². The van der Waals surface area contributed by atoms with Crippen molar-refractivity contribution in [3.63, 3.8) is 0 Å². The van der Waals surface area contributed by atoms with Gasteiger partial charge in [-0.1, -0.05) is 0 Å². The average Bonchev–Trinajstić information content (AvgIpc) is 3.28. The SMILES string of the molecule is Cc1nc(-c2cccnc2)ncc1C(=O)N1CCC(Cc2cncc(C(=O)O)c2)C1.O=CO. The van der Waals surface area contributed by atoms with E-state index in [-0.39, 0.29) is 23.9 Å². The number of carboxylic acid groups (broad SMARTS) is 2. The molecule has 4 heterocycles. The maximum absolute atomic E-state index is 13.0. The topological polar surface area (TPSA) is 146 Å². The number of aromatic nitrogens is 4. The average molecular weight is 449 g/mol. The van der Waals surface area contributed by atoms with Crippen LogP contribution in [0.5, 0.6) is 0 Å². The summed E-state index contributed by atoms with van der Waals surface area (Å²) in [5.74, 6) is -0.263. The van der Waals surface area contributed by atoms with Crippen LogP contribution in [0, 0.1) is 12.8 Å². The van der Waals surface area contributed by atoms with Crippen molar-refractivity contribution in [2.24, 2.45) is 5.92 Å². The first-order valence-corrected chi connectivity index (χ1v) is 10.2. The first kappa shape index (κ1) is 23.5. The maximum Gasteiger partial charge on any atom is 0.337 e. The minimum atomic E-state index is -0.988. The molecule has 0 radical (unpaired) electrons. The molecule has 4 rings (SSSR count). The molecule has 1 aliphatic rings. The molecule has 0 bridgehead atoms. The number of rotatable bonds is 5. The monoisotopic (exact) mass is 449 g/mol. The van der Waals surface area contributed by atoms with Gasteiger partial charge in [-0.3, -0.25) is 19.6 Å². The molecule has 0 aliphatic carbocycles. The van der Waals surface area contributed by atoms with Gasteiger partial charge in [0, 0.05) is 49.6 Å². The Morgan fingerprint density at radius 2 is 2.00 bits per heavy atom. The van der Waals surface area contributed by atoms with Gasteiger partial charge in [-0.15, -0.1) is 0 Å². The molecule has 1 aliphatic heterocycles. The molecule has 3 aromatic heterocycles. The Balaban J connectivity index is 0.000000968. The van der Waals surface area contributed by atoms with E-state index in [1.54, 1.807) is 30.9 Å². The minimum Gasteiger partial charge on any atom is -0.483 e. The van der Waals surface area contributed by atoms with E-state index in [9.17, 15) is 9.59 Å². The van der Waals surface area contributed by atoms with E-state index in [0.717, 1.165) is 17.5 Å². The van der Waals surface area contributed by atoms with Crippen LogP contribution >= 0.6 is 0 Å². The van der Waals surface area contributed by atoms with E-state index in [0.29, 0.717) is 36.6 Å². The predicted molar refractivity (Wildman–Crippen MR) is 118 cm³/mol. The minimum absolute atomic E-state index is 0.0786. The Bertz CT molecular complexity index is 1140. The summed E-state index contributed by atoms with van der Waals surface area (Å²) in [6, 6.07) is 5.34. The molecule has 1 saturated heterocycles. The summed E-state index contributed by atoms with van der Waals surface area (Å²) in [7, 11) is 0. The van der Waals surface area contributed by atoms with Gasteiger partial charge in [-0.25, -0.2) is 14.8 Å². The lowest BCUT2D eigenvalue weighted by Crippen LogP contribution is -2.30. The Morgan fingerprint density at radius 3 is 2.67 bits per heavy atom. The lowest BCUT2D eigenvalue weighted by molar-refractivity contribution is -0.122. The van der Waals surface area contributed by atoms with Crippen molar-refractivity contribution in [3.8, 4) is 11.4 Å². The molecule has 0 aromatic carbocycles. The van der Waals surface area contributed by atoms with Gasteiger partial charge in [-0.05, 0) is 49.4 Å². The van der Waals surface area contributed by atoms with Gasteiger partial charge >= 0.3 is 5.97 Å². The van der Waals surface area contributed by atoms with Gasteiger partial charge in [0.25, 0.3) is 12.4 Å². The van der Waals surface area contributed by atoms with Crippen molar-refractivity contribution in [1.29, 1.82) is 0 Å². The van der Waals surface area contributed by atoms with Crippen LogP contribution in [0.4, 0.5) is 0 Å². The second kappa shape index (κ2) is 10.9. The third kappa shape index (κ3) is 5.94. The molecular weight excluding hydrogens is 426 g/mol. The second-order valence-electron chi connectivity index (χ2n) is 7.54. The smallest absolute Gasteiger partial charge is 0.337 e. The highest BCUT2D eigenvalue weighted by Crippen LogP contribution is 2.24. The van der Waals surface area contributed by atoms with Gasteiger partial charge in [0.1, 0.15) is 0 Å². The second-order valence-corrected chi connectivity index (χ2v) is 7.54. The van der Waals surface area contributed by atoms with Gasteiger partial charge < -0.3 is 15.1 Å². The summed E-state index contributed by atoms with van der Waals surface area (Å²) >= 11 is 0. The Labute approximate surface area is 190 Å². The number of carbonyl (C=O) groups is 3. The van der Waals surface area contributed by atoms with Crippen LogP contribution in [0.1, 0.15) is 38.4 Å². The third-order valence-electron chi connectivity index (χ3n) is 5.27. The summed E-state index contributed by atoms with van der Waals surface area (Å²) < 4.78 is 0. The lowest BCUT2D eigenvalue weighted by Gasteiger charge is -2.17. The highest BCUT2D eigenvalue weighted by Gasteiger charge is 2.28. The largest absolute Gasteiger partial charge is 0.483 e. The molecule has 1 fully saturated rings. The van der Waals surface area contributed by atoms with Crippen molar-refractivity contribution in [2.75, 3.05) is 13.1 Å². The van der Waals surface area contributed by atoms with Gasteiger partial charge in [0.05, 0.1) is 16.8 Å². The standard InChI is InChI=1S/C22H21N5O3.CH2O2/c1-14-19(12-25-20(26-14)17-3-2-5-23-10-17)21(28)27-6-4-15(13-27)7-16-8-18(22(29)30)11-24-9-16;2-1-3/h2-3,5,8-12,15H,4,6-7,13H2,1H3,(H,29,30);1H,(H,2,3). The van der Waals surface area contributed by atoms with Crippen molar-refractivity contribution >= 4 is 18.3 Å². The molecular formula is C23H23N5O5. The summed E-state index contributed by atoms with van der Waals surface area (Å²) in [6.45, 7) is 2.82. The van der Waals surface area contributed by atoms with Crippen LogP contribution < -0.4 is 0 Å². The van der Waals surface area contributed by atoms with Crippen molar-refractivity contribution < 1.29 is 24.6 Å². The molecule has 10 nitrogen and oxygen atoms in total. The first-order valence-electron chi connectivity index (χ1n) is 10.2. The number of pyridine rings is 2. The number of hydrogen-bond donors (Lipinski definition) is 2. The fraction of sp³-hybridized carbons (Fsp3) is 0.261. The van der Waals surface area contributed by atoms with Crippen molar-refractivity contribution in [3.05, 3.63) is 71.6 Å². The number of likely N-dealkylation sites (tertiary alicyclic amines) is 1. The molecule has 0 saturated carbocycles. The summed E-state index contributed by atoms with van der Waals surface area (Å²) in [5.41, 5.74) is 2.99. The molecule has 0 spiro atoms. The highest BCUT2D eigenvalue weighted by molar-refractivity contribution is 5.95. The predicted octanol–water partition coefficient (Wildman–Crippen LogP) is 2.35. The van der Waals surface area contributed by atoms with Crippen LogP contribution in [0.25, 0.3) is 11.4 Å². The number of carbonyl (C=O) groups excluding carboxylic acids is 1. The fourth-order valence-electron chi connectivity index (χ4n) is 3.71. The van der Waals surface area contributed by atoms with E-state index in [4.69, 9.17) is 15.0 Å². The molecule has 1 atom stereocenters. The van der Waals surface area contributed by atoms with Crippen LogP contribution in [0.3, 0.4) is 0 Å². The number of hydrogen-bond acceptors (Lipinski definition) is 7. The lowest BCUT2D eigenvalue weighted by atomic mass is 9.99. The van der Waals surface area contributed by atoms with E-state index < -0.39 is 5.97 Å². The zero-order chi connectivity index (χ0) is 23.8. The van der Waals surface area contributed by atoms with E-state index in [1.807, 2.05) is 24.0 Å². The first-order chi connectivity index (χ1) is 15.9. The summed E-state index contributed by atoms with van der Waals surface area (Å²) in [4.78, 5) is 51.2. The number of amides is 1. The fourth-order valence-corrected chi connectivity index (χ4v) is 3.71. The Hall–Kier alpha value is -4.21. The number of aryl methyl sites for hydroxylation is 1. The van der Waals surface area contributed by atoms with Crippen LogP contribution in [-0.4, -0.2) is 66.5 Å². The van der Waals surface area contributed by atoms with Crippen molar-refractivity contribution in [1.82, 2.24) is 24.8 Å². The van der Waals surface area contributed by atoms with E-state index in [2.05, 4.69) is 19.9 Å². The summed E-state index contributed by atoms with van der Waals surface area (Å²) in [5, 5.41) is 16.0. The van der Waals surface area contributed by atoms with Gasteiger partial charge in [0.2, 0.25) is 0 Å². The molecule has 33 heavy (non-hydrogen) atoms. The Kier molecular flexibility index (Phi) is 7.74. The zero-order valence-corrected chi connectivity index (χ0v) is 18.0. The van der Waals surface area contributed by atoms with Gasteiger partial charge in [-0.2, -0.15) is 0 Å². The normalized spacial score (nSPS) is 14.8. The Morgan fingerprint density at radius 1 is 1.21 bits per heavy atom. The molecule has 1 amide bonds. The number of carboxylic acids is 1. The number of aromatic carboxylic acids is 1. The molecule has 170 valence electrons. The van der Waals surface area contributed by atoms with E-state index in [1.165, 1.54) is 6.20 Å². The molecule has 2 N–H and O–H groups in total. The van der Waals surface area contributed by atoms with Crippen LogP contribution in [0.15, 0.2) is 49.2 Å². The summed E-state index contributed by atoms with van der Waals surface area (Å²) in [6.07, 6.45) is 9.53. The third-order valence-corrected chi connectivity index (χ3v) is 5.27. The van der Waals surface area contributed by atoms with E-state index >= 15 is 0 Å². The number of nitrogens with zero attached hydrogens (tertiary/aromatic N) is 5. The molecule has 10 heteroatoms. The molecule has 1 unspecified atom stereocenters. The quantitative estimate of drug-likeness (QED) is 0.560. The van der Waals surface area contributed by atoms with Crippen LogP contribution in [-0.2, 0) is 11.2 Å². The molecule has 3 aromatic rings. The maximum atomic E-state index is 13.0.